The van der Waals surface area contributed by atoms with Gasteiger partial charge in [-0.1, -0.05) is 0 Å². The Morgan fingerprint density at radius 2 is 2.10 bits per heavy atom. The molecular weight excluding hydrogens is 290 g/mol. The van der Waals surface area contributed by atoms with Crippen molar-refractivity contribution >= 4 is 22.3 Å². The maximum Gasteiger partial charge on any atom is 0.125 e. The lowest BCUT2D eigenvalue weighted by molar-refractivity contribution is 0.618. The van der Waals surface area contributed by atoms with E-state index in [1.54, 1.807) is 23.7 Å². The fourth-order valence-electron chi connectivity index (χ4n) is 1.50. The normalized spacial score (nSPS) is 15.0. The summed E-state index contributed by atoms with van der Waals surface area (Å²) in [5.41, 5.74) is 1.01. The molecule has 6 heteroatoms. The van der Waals surface area contributed by atoms with Crippen LogP contribution in [-0.4, -0.2) is 18.9 Å². The molecule has 108 valence electrons. The molecule has 0 aliphatic heterocycles. The predicted octanol–water partition coefficient (Wildman–Crippen LogP) is 3.32. The third-order valence-electron chi connectivity index (χ3n) is 2.70. The minimum Gasteiger partial charge on any atom is -0.264 e. The second kappa shape index (κ2) is 6.11. The van der Waals surface area contributed by atoms with Crippen LogP contribution in [0.3, 0.4) is 0 Å². The largest absolute Gasteiger partial charge is 0.264 e. The van der Waals surface area contributed by atoms with Crippen molar-refractivity contribution < 1.29 is 4.21 Å². The van der Waals surface area contributed by atoms with E-state index in [0.717, 1.165) is 15.4 Å². The number of hydrogen-bond donors (Lipinski definition) is 1. The smallest absolute Gasteiger partial charge is 0.125 e. The third-order valence-corrected chi connectivity index (χ3v) is 5.61. The number of thiazole rings is 1. The fourth-order valence-corrected chi connectivity index (χ4v) is 3.29. The maximum atomic E-state index is 12.1. The Hall–Kier alpha value is -1.11. The van der Waals surface area contributed by atoms with Gasteiger partial charge in [0, 0.05) is 29.0 Å². The molecule has 0 bridgehead atoms. The first kappa shape index (κ1) is 15.3. The Balaban J connectivity index is 2.11. The average molecular weight is 309 g/mol. The number of hydrogen-bond acceptors (Lipinski definition) is 4. The molecule has 0 amide bonds. The van der Waals surface area contributed by atoms with Crippen molar-refractivity contribution in [3.63, 3.8) is 0 Å². The second-order valence-electron chi connectivity index (χ2n) is 5.53. The number of nitrogens with zero attached hydrogens (tertiary/aromatic N) is 2. The molecule has 1 N–H and O–H groups in total. The third kappa shape index (κ3) is 3.71. The first-order valence-electron chi connectivity index (χ1n) is 6.42. The summed E-state index contributed by atoms with van der Waals surface area (Å²) in [6, 6.07) is 3.89. The van der Waals surface area contributed by atoms with Gasteiger partial charge < -0.3 is 0 Å². The topological polar surface area (TPSA) is 54.9 Å². The fraction of sp³-hybridized carbons (Fsp3) is 0.429. The maximum absolute atomic E-state index is 12.1. The summed E-state index contributed by atoms with van der Waals surface area (Å²) in [5.74, 6) is 0. The molecule has 0 aliphatic rings. The summed E-state index contributed by atoms with van der Waals surface area (Å²) in [4.78, 5) is 9.59. The average Bonchev–Trinajstić information content (AvgIpc) is 2.88. The van der Waals surface area contributed by atoms with Crippen molar-refractivity contribution in [1.29, 1.82) is 0 Å². The van der Waals surface area contributed by atoms with Crippen LogP contribution in [0.25, 0.3) is 10.6 Å². The Morgan fingerprint density at radius 1 is 1.35 bits per heavy atom. The van der Waals surface area contributed by atoms with Gasteiger partial charge in [0.15, 0.2) is 0 Å². The van der Waals surface area contributed by atoms with Crippen molar-refractivity contribution in [3.05, 3.63) is 35.6 Å². The number of aromatic nitrogens is 2. The van der Waals surface area contributed by atoms with Crippen molar-refractivity contribution in [2.75, 3.05) is 0 Å². The van der Waals surface area contributed by atoms with Gasteiger partial charge in [0.2, 0.25) is 0 Å². The summed E-state index contributed by atoms with van der Waals surface area (Å²) in [7, 11) is -1.09. The minimum atomic E-state index is -1.09. The van der Waals surface area contributed by atoms with E-state index >= 15 is 0 Å². The van der Waals surface area contributed by atoms with Gasteiger partial charge in [-0.3, -0.25) is 4.98 Å². The molecule has 0 fully saturated rings. The van der Waals surface area contributed by atoms with Crippen molar-refractivity contribution in [3.8, 4) is 10.6 Å². The molecular formula is C14H19N3OS2. The van der Waals surface area contributed by atoms with E-state index in [2.05, 4.69) is 14.7 Å². The molecule has 2 rings (SSSR count). The lowest BCUT2D eigenvalue weighted by Crippen LogP contribution is -2.34. The van der Waals surface area contributed by atoms with Crippen LogP contribution in [0.2, 0.25) is 0 Å². The highest BCUT2D eigenvalue weighted by Crippen LogP contribution is 2.28. The zero-order chi connectivity index (χ0) is 14.8. The van der Waals surface area contributed by atoms with Crippen LogP contribution in [0.4, 0.5) is 0 Å². The number of nitrogens with one attached hydrogen (secondary N) is 1. The molecule has 2 heterocycles. The van der Waals surface area contributed by atoms with Crippen LogP contribution in [0.5, 0.6) is 0 Å². The van der Waals surface area contributed by atoms with Gasteiger partial charge in [0.1, 0.15) is 5.01 Å². The van der Waals surface area contributed by atoms with Gasteiger partial charge >= 0.3 is 0 Å². The quantitative estimate of drug-likeness (QED) is 0.942. The van der Waals surface area contributed by atoms with Crippen molar-refractivity contribution in [1.82, 2.24) is 14.7 Å². The first-order chi connectivity index (χ1) is 9.38. The van der Waals surface area contributed by atoms with Gasteiger partial charge in [0.25, 0.3) is 0 Å². The van der Waals surface area contributed by atoms with Crippen LogP contribution in [0, 0.1) is 0 Å². The van der Waals surface area contributed by atoms with Crippen LogP contribution in [-0.2, 0) is 11.0 Å². The van der Waals surface area contributed by atoms with Crippen LogP contribution < -0.4 is 4.72 Å². The first-order valence-corrected chi connectivity index (χ1v) is 8.39. The Kier molecular flexibility index (Phi) is 4.67. The monoisotopic (exact) mass is 309 g/mol. The minimum absolute atomic E-state index is 0.0120. The molecule has 0 unspecified atom stereocenters. The van der Waals surface area contributed by atoms with E-state index in [4.69, 9.17) is 0 Å². The van der Waals surface area contributed by atoms with Gasteiger partial charge in [-0.15, -0.1) is 11.3 Å². The summed E-state index contributed by atoms with van der Waals surface area (Å²) < 4.78 is 15.0. The van der Waals surface area contributed by atoms with Gasteiger partial charge in [-0.25, -0.2) is 13.9 Å². The lowest BCUT2D eigenvalue weighted by atomic mass is 10.3. The second-order valence-corrected chi connectivity index (χ2v) is 8.59. The van der Waals surface area contributed by atoms with E-state index in [0.29, 0.717) is 0 Å². The van der Waals surface area contributed by atoms with Crippen LogP contribution in [0.15, 0.2) is 30.7 Å². The highest BCUT2D eigenvalue weighted by Gasteiger charge is 2.22. The van der Waals surface area contributed by atoms with Gasteiger partial charge in [-0.05, 0) is 39.8 Å². The van der Waals surface area contributed by atoms with Gasteiger partial charge in [-0.2, -0.15) is 0 Å². The standard InChI is InChI=1S/C14H19N3OS2/c1-10(17-20(18)14(2,3)4)12-9-16-13(19-12)11-6-5-7-15-8-11/h5-10,17H,1-4H3/t10-,20-/m0/s1. The predicted molar refractivity (Wildman–Crippen MR) is 84.8 cm³/mol. The van der Waals surface area contributed by atoms with Gasteiger partial charge in [0.05, 0.1) is 21.8 Å². The summed E-state index contributed by atoms with van der Waals surface area (Å²) in [6.45, 7) is 7.87. The summed E-state index contributed by atoms with van der Waals surface area (Å²) in [5, 5.41) is 0.934. The zero-order valence-electron chi connectivity index (χ0n) is 12.1. The Bertz CT molecular complexity index is 590. The van der Waals surface area contributed by atoms with Crippen molar-refractivity contribution in [2.24, 2.45) is 0 Å². The summed E-state index contributed by atoms with van der Waals surface area (Å²) in [6.07, 6.45) is 5.38. The molecule has 2 aromatic heterocycles. The molecule has 2 aromatic rings. The molecule has 0 aromatic carbocycles. The lowest BCUT2D eigenvalue weighted by Gasteiger charge is -2.21. The highest BCUT2D eigenvalue weighted by atomic mass is 32.2. The Morgan fingerprint density at radius 3 is 2.70 bits per heavy atom. The van der Waals surface area contributed by atoms with Crippen molar-refractivity contribution in [2.45, 2.75) is 38.5 Å². The molecule has 4 nitrogen and oxygen atoms in total. The molecule has 0 saturated heterocycles. The molecule has 0 saturated carbocycles. The number of pyridine rings is 1. The molecule has 0 aliphatic carbocycles. The molecule has 2 atom stereocenters. The van der Waals surface area contributed by atoms with E-state index in [1.165, 1.54) is 0 Å². The molecule has 0 spiro atoms. The van der Waals surface area contributed by atoms with E-state index in [-0.39, 0.29) is 10.8 Å². The van der Waals surface area contributed by atoms with Crippen LogP contribution in [0.1, 0.15) is 38.6 Å². The number of rotatable bonds is 4. The van der Waals surface area contributed by atoms with E-state index < -0.39 is 11.0 Å². The van der Waals surface area contributed by atoms with Crippen LogP contribution >= 0.6 is 11.3 Å². The SMILES string of the molecule is C[C@H](N[S@@](=O)C(C)(C)C)c1cnc(-c2cccnc2)s1. The Labute approximate surface area is 126 Å². The van der Waals surface area contributed by atoms with E-state index in [9.17, 15) is 4.21 Å². The molecule has 20 heavy (non-hydrogen) atoms. The zero-order valence-corrected chi connectivity index (χ0v) is 13.7. The molecule has 0 radical (unpaired) electrons. The summed E-state index contributed by atoms with van der Waals surface area (Å²) >= 11 is 1.60. The highest BCUT2D eigenvalue weighted by molar-refractivity contribution is 7.84. The van der Waals surface area contributed by atoms with E-state index in [1.807, 2.05) is 46.0 Å².